The highest BCUT2D eigenvalue weighted by molar-refractivity contribution is 5.81. The molecule has 6 heteroatoms. The molecule has 1 aliphatic rings. The summed E-state index contributed by atoms with van der Waals surface area (Å²) in [4.78, 5) is 27.9. The molecule has 21 heavy (non-hydrogen) atoms. The van der Waals surface area contributed by atoms with Gasteiger partial charge in [-0.15, -0.1) is 0 Å². The third-order valence-corrected chi connectivity index (χ3v) is 3.95. The van der Waals surface area contributed by atoms with Gasteiger partial charge in [0.1, 0.15) is 5.76 Å². The van der Waals surface area contributed by atoms with Crippen LogP contribution in [0.2, 0.25) is 0 Å². The Balaban J connectivity index is 1.90. The van der Waals surface area contributed by atoms with Crippen LogP contribution in [0.3, 0.4) is 0 Å². The highest BCUT2D eigenvalue weighted by Gasteiger charge is 2.26. The smallest absolute Gasteiger partial charge is 0.227 e. The summed E-state index contributed by atoms with van der Waals surface area (Å²) in [5.74, 6) is 0.942. The molecule has 0 N–H and O–H groups in total. The van der Waals surface area contributed by atoms with Crippen molar-refractivity contribution in [3.8, 4) is 0 Å². The van der Waals surface area contributed by atoms with Gasteiger partial charge in [-0.25, -0.2) is 0 Å². The van der Waals surface area contributed by atoms with Crippen LogP contribution in [0.1, 0.15) is 30.9 Å². The molecule has 116 valence electrons. The lowest BCUT2D eigenvalue weighted by Crippen LogP contribution is -2.51. The molecule has 1 aliphatic heterocycles. The normalized spacial score (nSPS) is 15.7. The predicted octanol–water partition coefficient (Wildman–Crippen LogP) is 1.16. The van der Waals surface area contributed by atoms with E-state index >= 15 is 0 Å². The van der Waals surface area contributed by atoms with Gasteiger partial charge in [-0.05, 0) is 13.8 Å². The number of carbonyl (C=O) groups excluding carboxylic acids is 2. The maximum absolute atomic E-state index is 12.3. The molecule has 2 rings (SSSR count). The molecule has 0 bridgehead atoms. The lowest BCUT2D eigenvalue weighted by Gasteiger charge is -2.35. The first kappa shape index (κ1) is 15.5. The van der Waals surface area contributed by atoms with Crippen LogP contribution in [0.4, 0.5) is 0 Å². The molecule has 2 amide bonds. The standard InChI is InChI=1S/C15H23N3O3/c1-10(2)15(20)18-7-5-17(6-8-18)14(19)9-13-11(3)16-21-12(13)4/h10H,5-9H2,1-4H3. The summed E-state index contributed by atoms with van der Waals surface area (Å²) in [5.41, 5.74) is 1.65. The molecule has 0 saturated carbocycles. The van der Waals surface area contributed by atoms with Gasteiger partial charge in [0.05, 0.1) is 12.1 Å². The van der Waals surface area contributed by atoms with Crippen LogP contribution in [0, 0.1) is 19.8 Å². The Morgan fingerprint density at radius 1 is 1.14 bits per heavy atom. The number of aromatic nitrogens is 1. The van der Waals surface area contributed by atoms with Crippen LogP contribution in [-0.4, -0.2) is 52.9 Å². The van der Waals surface area contributed by atoms with E-state index in [-0.39, 0.29) is 17.7 Å². The minimum Gasteiger partial charge on any atom is -0.361 e. The molecule has 1 aromatic heterocycles. The monoisotopic (exact) mass is 293 g/mol. The summed E-state index contributed by atoms with van der Waals surface area (Å²) in [7, 11) is 0. The first-order valence-electron chi connectivity index (χ1n) is 7.38. The summed E-state index contributed by atoms with van der Waals surface area (Å²) in [5, 5.41) is 3.87. The van der Waals surface area contributed by atoms with Gasteiger partial charge in [-0.1, -0.05) is 19.0 Å². The van der Waals surface area contributed by atoms with Crippen molar-refractivity contribution in [2.24, 2.45) is 5.92 Å². The molecular formula is C15H23N3O3. The van der Waals surface area contributed by atoms with Gasteiger partial charge in [-0.3, -0.25) is 9.59 Å². The topological polar surface area (TPSA) is 66.7 Å². The molecular weight excluding hydrogens is 270 g/mol. The van der Waals surface area contributed by atoms with Crippen LogP contribution >= 0.6 is 0 Å². The number of piperazine rings is 1. The summed E-state index contributed by atoms with van der Waals surface area (Å²) in [6, 6.07) is 0. The Hall–Kier alpha value is -1.85. The van der Waals surface area contributed by atoms with Crippen molar-refractivity contribution in [3.05, 3.63) is 17.0 Å². The maximum atomic E-state index is 12.3. The fourth-order valence-electron chi connectivity index (χ4n) is 2.56. The third kappa shape index (κ3) is 3.43. The number of hydrogen-bond acceptors (Lipinski definition) is 4. The molecule has 0 aromatic carbocycles. The van der Waals surface area contributed by atoms with Crippen molar-refractivity contribution < 1.29 is 14.1 Å². The molecule has 1 fully saturated rings. The van der Waals surface area contributed by atoms with E-state index in [0.717, 1.165) is 11.3 Å². The third-order valence-electron chi connectivity index (χ3n) is 3.95. The Kier molecular flexibility index (Phi) is 4.65. The van der Waals surface area contributed by atoms with E-state index in [9.17, 15) is 9.59 Å². The van der Waals surface area contributed by atoms with Gasteiger partial charge in [-0.2, -0.15) is 0 Å². The summed E-state index contributed by atoms with van der Waals surface area (Å²) >= 11 is 0. The molecule has 1 aromatic rings. The molecule has 0 radical (unpaired) electrons. The number of aryl methyl sites for hydroxylation is 2. The van der Waals surface area contributed by atoms with E-state index in [1.807, 2.05) is 37.5 Å². The van der Waals surface area contributed by atoms with E-state index in [1.165, 1.54) is 0 Å². The molecule has 0 unspecified atom stereocenters. The summed E-state index contributed by atoms with van der Waals surface area (Å²) < 4.78 is 5.08. The number of carbonyl (C=O) groups is 2. The van der Waals surface area contributed by atoms with E-state index in [2.05, 4.69) is 5.16 Å². The zero-order valence-corrected chi connectivity index (χ0v) is 13.2. The zero-order valence-electron chi connectivity index (χ0n) is 13.2. The zero-order chi connectivity index (χ0) is 15.6. The van der Waals surface area contributed by atoms with Crippen molar-refractivity contribution in [2.45, 2.75) is 34.1 Å². The maximum Gasteiger partial charge on any atom is 0.227 e. The Morgan fingerprint density at radius 3 is 2.19 bits per heavy atom. The highest BCUT2D eigenvalue weighted by atomic mass is 16.5. The second kappa shape index (κ2) is 6.28. The fraction of sp³-hybridized carbons (Fsp3) is 0.667. The van der Waals surface area contributed by atoms with Crippen LogP contribution in [-0.2, 0) is 16.0 Å². The van der Waals surface area contributed by atoms with Crippen molar-refractivity contribution in [3.63, 3.8) is 0 Å². The average Bonchev–Trinajstić information content (AvgIpc) is 2.78. The highest BCUT2D eigenvalue weighted by Crippen LogP contribution is 2.15. The number of rotatable bonds is 3. The minimum absolute atomic E-state index is 0.00885. The molecule has 0 atom stereocenters. The molecule has 1 saturated heterocycles. The first-order valence-corrected chi connectivity index (χ1v) is 7.38. The minimum atomic E-state index is 0.00885. The van der Waals surface area contributed by atoms with E-state index in [4.69, 9.17) is 4.52 Å². The quantitative estimate of drug-likeness (QED) is 0.839. The molecule has 6 nitrogen and oxygen atoms in total. The lowest BCUT2D eigenvalue weighted by molar-refractivity contribution is -0.141. The van der Waals surface area contributed by atoms with Crippen LogP contribution in [0.25, 0.3) is 0 Å². The fourth-order valence-corrected chi connectivity index (χ4v) is 2.56. The number of hydrogen-bond donors (Lipinski definition) is 0. The van der Waals surface area contributed by atoms with Crippen molar-refractivity contribution in [2.75, 3.05) is 26.2 Å². The molecule has 2 heterocycles. The van der Waals surface area contributed by atoms with Crippen molar-refractivity contribution >= 4 is 11.8 Å². The van der Waals surface area contributed by atoms with Crippen molar-refractivity contribution in [1.82, 2.24) is 15.0 Å². The Labute approximate surface area is 125 Å². The number of amides is 2. The SMILES string of the molecule is Cc1noc(C)c1CC(=O)N1CCN(C(=O)C(C)C)CC1. The molecule has 0 aliphatic carbocycles. The summed E-state index contributed by atoms with van der Waals surface area (Å²) in [6.45, 7) is 9.89. The van der Waals surface area contributed by atoms with Gasteiger partial charge in [0.25, 0.3) is 0 Å². The van der Waals surface area contributed by atoms with Gasteiger partial charge in [0.2, 0.25) is 11.8 Å². The summed E-state index contributed by atoms with van der Waals surface area (Å²) in [6.07, 6.45) is 0.319. The molecule has 0 spiro atoms. The first-order chi connectivity index (χ1) is 9.90. The van der Waals surface area contributed by atoms with Crippen molar-refractivity contribution in [1.29, 1.82) is 0 Å². The predicted molar refractivity (Wildman–Crippen MR) is 77.7 cm³/mol. The largest absolute Gasteiger partial charge is 0.361 e. The average molecular weight is 293 g/mol. The van der Waals surface area contributed by atoms with E-state index in [1.54, 1.807) is 0 Å². The van der Waals surface area contributed by atoms with Gasteiger partial charge in [0, 0.05) is 37.7 Å². The van der Waals surface area contributed by atoms with Crippen LogP contribution in [0.15, 0.2) is 4.52 Å². The van der Waals surface area contributed by atoms with Crippen LogP contribution in [0.5, 0.6) is 0 Å². The Morgan fingerprint density at radius 2 is 1.71 bits per heavy atom. The second-order valence-electron chi connectivity index (χ2n) is 5.84. The second-order valence-corrected chi connectivity index (χ2v) is 5.84. The van der Waals surface area contributed by atoms with Gasteiger partial charge >= 0.3 is 0 Å². The van der Waals surface area contributed by atoms with Gasteiger partial charge < -0.3 is 14.3 Å². The lowest BCUT2D eigenvalue weighted by atomic mass is 10.1. The number of nitrogens with zero attached hydrogens (tertiary/aromatic N) is 3. The van der Waals surface area contributed by atoms with Crippen LogP contribution < -0.4 is 0 Å². The van der Waals surface area contributed by atoms with E-state index < -0.39 is 0 Å². The van der Waals surface area contributed by atoms with E-state index in [0.29, 0.717) is 38.4 Å². The van der Waals surface area contributed by atoms with Gasteiger partial charge in [0.15, 0.2) is 0 Å². The Bertz CT molecular complexity index is 509.